The van der Waals surface area contributed by atoms with E-state index in [-0.39, 0.29) is 0 Å². The number of nitrogens with zero attached hydrogens (tertiary/aromatic N) is 3. The Kier molecular flexibility index (Phi) is 6.83. The molecule has 0 aromatic carbocycles. The summed E-state index contributed by atoms with van der Waals surface area (Å²) >= 11 is 1.31. The van der Waals surface area contributed by atoms with Gasteiger partial charge in [0.15, 0.2) is 5.82 Å². The summed E-state index contributed by atoms with van der Waals surface area (Å²) in [4.78, 5) is 14.6. The first-order valence-corrected chi connectivity index (χ1v) is 6.77. The number of hydrogen-bond donors (Lipinski definition) is 3. The smallest absolute Gasteiger partial charge is 0.209 e. The summed E-state index contributed by atoms with van der Waals surface area (Å²) in [5.74, 6) is 1.08. The van der Waals surface area contributed by atoms with Gasteiger partial charge in [0.2, 0.25) is 5.16 Å². The molecule has 1 aliphatic heterocycles. The SMILES string of the molecule is CCC1=NNCC=C1c1nc(SCC=O)n[nH]1.CO. The van der Waals surface area contributed by atoms with Crippen LogP contribution in [-0.2, 0) is 4.79 Å². The molecule has 0 atom stereocenters. The topological polar surface area (TPSA) is 103 Å². The van der Waals surface area contributed by atoms with Crippen molar-refractivity contribution in [2.75, 3.05) is 19.4 Å². The average molecular weight is 283 g/mol. The number of nitrogens with one attached hydrogen (secondary N) is 2. The van der Waals surface area contributed by atoms with Crippen molar-refractivity contribution in [2.24, 2.45) is 5.10 Å². The van der Waals surface area contributed by atoms with Gasteiger partial charge in [0.25, 0.3) is 0 Å². The number of H-pyrrole nitrogens is 1. The van der Waals surface area contributed by atoms with Crippen LogP contribution < -0.4 is 5.43 Å². The molecule has 0 radical (unpaired) electrons. The summed E-state index contributed by atoms with van der Waals surface area (Å²) in [5, 5.41) is 18.7. The lowest BCUT2D eigenvalue weighted by Crippen LogP contribution is -2.18. The average Bonchev–Trinajstić information content (AvgIpc) is 2.96. The molecule has 1 aliphatic rings. The summed E-state index contributed by atoms with van der Waals surface area (Å²) in [6, 6.07) is 0. The van der Waals surface area contributed by atoms with E-state index in [1.165, 1.54) is 11.8 Å². The third-order valence-corrected chi connectivity index (χ3v) is 3.00. The normalized spacial score (nSPS) is 13.6. The molecule has 7 nitrogen and oxygen atoms in total. The summed E-state index contributed by atoms with van der Waals surface area (Å²) in [6.45, 7) is 2.73. The Morgan fingerprint density at radius 2 is 2.32 bits per heavy atom. The molecule has 2 rings (SSSR count). The molecular formula is C11H17N5O2S. The Labute approximate surface area is 115 Å². The van der Waals surface area contributed by atoms with E-state index < -0.39 is 0 Å². The number of allylic oxidation sites excluding steroid dienone is 1. The molecule has 3 N–H and O–H groups in total. The fourth-order valence-corrected chi connectivity index (χ4v) is 1.99. The van der Waals surface area contributed by atoms with Gasteiger partial charge in [-0.1, -0.05) is 24.8 Å². The molecular weight excluding hydrogens is 266 g/mol. The molecule has 0 saturated heterocycles. The highest BCUT2D eigenvalue weighted by Gasteiger charge is 2.15. The second kappa shape index (κ2) is 8.44. The predicted molar refractivity (Wildman–Crippen MR) is 75.0 cm³/mol. The van der Waals surface area contributed by atoms with Crippen molar-refractivity contribution in [3.63, 3.8) is 0 Å². The van der Waals surface area contributed by atoms with Crippen LogP contribution in [0.1, 0.15) is 19.2 Å². The second-order valence-electron chi connectivity index (χ2n) is 3.34. The van der Waals surface area contributed by atoms with Gasteiger partial charge in [-0.05, 0) is 6.42 Å². The van der Waals surface area contributed by atoms with E-state index in [0.717, 1.165) is 31.1 Å². The number of aromatic nitrogens is 3. The molecule has 0 bridgehead atoms. The molecule has 1 aromatic rings. The van der Waals surface area contributed by atoms with Crippen LogP contribution in [0, 0.1) is 0 Å². The van der Waals surface area contributed by atoms with Crippen molar-refractivity contribution in [3.05, 3.63) is 11.9 Å². The number of rotatable bonds is 5. The minimum Gasteiger partial charge on any atom is -0.400 e. The van der Waals surface area contributed by atoms with Crippen molar-refractivity contribution in [1.29, 1.82) is 0 Å². The molecule has 1 aromatic heterocycles. The van der Waals surface area contributed by atoms with Crippen LogP contribution in [0.5, 0.6) is 0 Å². The number of aldehydes is 1. The highest BCUT2D eigenvalue weighted by molar-refractivity contribution is 7.99. The highest BCUT2D eigenvalue weighted by atomic mass is 32.2. The van der Waals surface area contributed by atoms with Crippen LogP contribution in [0.15, 0.2) is 16.3 Å². The zero-order valence-electron chi connectivity index (χ0n) is 10.9. The van der Waals surface area contributed by atoms with Gasteiger partial charge in [-0.3, -0.25) is 5.10 Å². The number of hydrazone groups is 1. The molecule has 0 unspecified atom stereocenters. The lowest BCUT2D eigenvalue weighted by Gasteiger charge is -2.11. The lowest BCUT2D eigenvalue weighted by molar-refractivity contribution is -0.105. The zero-order chi connectivity index (χ0) is 14.1. The molecule has 0 saturated carbocycles. The summed E-state index contributed by atoms with van der Waals surface area (Å²) < 4.78 is 0. The maximum atomic E-state index is 10.3. The quantitative estimate of drug-likeness (QED) is 0.536. The minimum absolute atomic E-state index is 0.368. The van der Waals surface area contributed by atoms with Gasteiger partial charge in [-0.15, -0.1) is 5.10 Å². The van der Waals surface area contributed by atoms with Crippen molar-refractivity contribution in [1.82, 2.24) is 20.6 Å². The van der Waals surface area contributed by atoms with Crippen LogP contribution in [0.2, 0.25) is 0 Å². The van der Waals surface area contributed by atoms with Crippen molar-refractivity contribution < 1.29 is 9.90 Å². The second-order valence-corrected chi connectivity index (χ2v) is 4.32. The number of aliphatic hydroxyl groups is 1. The minimum atomic E-state index is 0.368. The summed E-state index contributed by atoms with van der Waals surface area (Å²) in [5.41, 5.74) is 4.87. The van der Waals surface area contributed by atoms with Gasteiger partial charge in [0.1, 0.15) is 6.29 Å². The lowest BCUT2D eigenvalue weighted by atomic mass is 10.1. The number of aromatic amines is 1. The number of aliphatic hydroxyl groups excluding tert-OH is 1. The van der Waals surface area contributed by atoms with Gasteiger partial charge >= 0.3 is 0 Å². The first-order valence-electron chi connectivity index (χ1n) is 5.79. The van der Waals surface area contributed by atoms with E-state index in [4.69, 9.17) is 5.11 Å². The largest absolute Gasteiger partial charge is 0.400 e. The van der Waals surface area contributed by atoms with Gasteiger partial charge in [0.05, 0.1) is 18.0 Å². The van der Waals surface area contributed by atoms with Crippen molar-refractivity contribution >= 4 is 29.3 Å². The van der Waals surface area contributed by atoms with Crippen LogP contribution in [0.4, 0.5) is 0 Å². The highest BCUT2D eigenvalue weighted by Crippen LogP contribution is 2.19. The third-order valence-electron chi connectivity index (χ3n) is 2.26. The van der Waals surface area contributed by atoms with E-state index in [9.17, 15) is 4.79 Å². The molecule has 0 amide bonds. The zero-order valence-corrected chi connectivity index (χ0v) is 11.7. The maximum absolute atomic E-state index is 10.3. The van der Waals surface area contributed by atoms with Gasteiger partial charge in [0, 0.05) is 12.7 Å². The van der Waals surface area contributed by atoms with E-state index in [2.05, 4.69) is 25.7 Å². The molecule has 104 valence electrons. The Balaban J connectivity index is 0.000000861. The van der Waals surface area contributed by atoms with Gasteiger partial charge in [-0.2, -0.15) is 5.10 Å². The number of thioether (sulfide) groups is 1. The van der Waals surface area contributed by atoms with Crippen LogP contribution in [0.3, 0.4) is 0 Å². The van der Waals surface area contributed by atoms with Crippen LogP contribution in [0.25, 0.3) is 5.57 Å². The molecule has 0 fully saturated rings. The van der Waals surface area contributed by atoms with Crippen LogP contribution in [-0.4, -0.2) is 51.7 Å². The maximum Gasteiger partial charge on any atom is 0.209 e. The van der Waals surface area contributed by atoms with Crippen molar-refractivity contribution in [3.8, 4) is 0 Å². The Hall–Kier alpha value is -1.67. The molecule has 8 heteroatoms. The number of carbonyl (C=O) groups is 1. The van der Waals surface area contributed by atoms with Gasteiger partial charge in [-0.25, -0.2) is 4.98 Å². The van der Waals surface area contributed by atoms with E-state index in [1.54, 1.807) is 0 Å². The Morgan fingerprint density at radius 1 is 1.53 bits per heavy atom. The first-order chi connectivity index (χ1) is 9.35. The van der Waals surface area contributed by atoms with Gasteiger partial charge < -0.3 is 15.3 Å². The molecule has 19 heavy (non-hydrogen) atoms. The number of carbonyl (C=O) groups excluding carboxylic acids is 1. The standard InChI is InChI=1S/C10H13N5OS.CH4O/c1-2-8-7(3-4-11-13-8)9-12-10(15-14-9)17-6-5-16;1-2/h3,5,11H,2,4,6H2,1H3,(H,12,14,15);2H,1H3. The van der Waals surface area contributed by atoms with E-state index in [1.807, 2.05) is 13.0 Å². The first kappa shape index (κ1) is 15.4. The Morgan fingerprint density at radius 3 is 3.00 bits per heavy atom. The number of hydrogen-bond acceptors (Lipinski definition) is 7. The molecule has 0 aliphatic carbocycles. The van der Waals surface area contributed by atoms with E-state index in [0.29, 0.717) is 23.3 Å². The predicted octanol–water partition coefficient (Wildman–Crippen LogP) is 0.457. The van der Waals surface area contributed by atoms with E-state index >= 15 is 0 Å². The summed E-state index contributed by atoms with van der Waals surface area (Å²) in [6.07, 6.45) is 3.69. The van der Waals surface area contributed by atoms with Crippen LogP contribution >= 0.6 is 11.8 Å². The molecule has 2 heterocycles. The molecule has 0 spiro atoms. The fourth-order valence-electron chi connectivity index (χ4n) is 1.51. The fraction of sp³-hybridized carbons (Fsp3) is 0.455. The monoisotopic (exact) mass is 283 g/mol. The van der Waals surface area contributed by atoms with Crippen molar-refractivity contribution in [2.45, 2.75) is 18.5 Å². The summed E-state index contributed by atoms with van der Waals surface area (Å²) in [7, 11) is 1.00. The Bertz CT molecular complexity index is 469. The third kappa shape index (κ3) is 4.18.